The average molecular weight is 992 g/mol. The van der Waals surface area contributed by atoms with Gasteiger partial charge in [0.15, 0.2) is 5.78 Å². The maximum atomic E-state index is 11.7. The maximum absolute atomic E-state index is 11.7. The molecule has 1 aliphatic rings. The molecule has 1 aromatic heterocycles. The zero-order chi connectivity index (χ0) is 40.3. The van der Waals surface area contributed by atoms with Crippen molar-refractivity contribution in [2.45, 2.75) is 119 Å². The Bertz CT molecular complexity index is 2170. The number of pyridine rings is 1. The summed E-state index contributed by atoms with van der Waals surface area (Å²) in [5.41, 5.74) is 4.92. The number of hydrogen-bond donors (Lipinski definition) is 1. The van der Waals surface area contributed by atoms with Crippen LogP contribution in [-0.4, -0.2) is 29.1 Å². The fourth-order valence-corrected chi connectivity index (χ4v) is 12.9. The number of hydrogen-bond acceptors (Lipinski definition) is 4. The maximum Gasteiger partial charge on any atom is 0.162 e. The van der Waals surface area contributed by atoms with Crippen LogP contribution in [0.5, 0.6) is 11.5 Å². The minimum absolute atomic E-state index is 0. The van der Waals surface area contributed by atoms with E-state index >= 15 is 0 Å². The molecule has 0 aliphatic carbocycles. The van der Waals surface area contributed by atoms with Gasteiger partial charge in [-0.2, -0.15) is 0 Å². The van der Waals surface area contributed by atoms with E-state index in [-0.39, 0.29) is 54.3 Å². The molecule has 1 radical (unpaired) electrons. The second-order valence-electron chi connectivity index (χ2n) is 18.5. The Kier molecular flexibility index (Phi) is 15.1. The Hall–Kier alpha value is -3.25. The molecule has 0 saturated heterocycles. The van der Waals surface area contributed by atoms with E-state index in [1.54, 1.807) is 0 Å². The summed E-state index contributed by atoms with van der Waals surface area (Å²) >= 11 is -2.55. The van der Waals surface area contributed by atoms with E-state index in [9.17, 15) is 9.90 Å². The summed E-state index contributed by atoms with van der Waals surface area (Å²) in [4.78, 5) is 16.7. The van der Waals surface area contributed by atoms with Gasteiger partial charge in [-0.25, -0.2) is 0 Å². The van der Waals surface area contributed by atoms with Crippen LogP contribution in [0.2, 0.25) is 11.5 Å². The van der Waals surface area contributed by atoms with E-state index in [1.807, 2.05) is 33.9 Å². The summed E-state index contributed by atoms with van der Waals surface area (Å²) in [6.45, 7) is 21.9. The Labute approximate surface area is 353 Å². The molecule has 0 saturated carbocycles. The molecule has 0 atom stereocenters. The summed E-state index contributed by atoms with van der Waals surface area (Å²) in [7, 11) is 0. The molecule has 1 N–H and O–H groups in total. The monoisotopic (exact) mass is 993 g/mol. The van der Waals surface area contributed by atoms with Gasteiger partial charge in [0.2, 0.25) is 0 Å². The van der Waals surface area contributed by atoms with Crippen LogP contribution in [0.3, 0.4) is 0 Å². The smallest absolute Gasteiger partial charge is 0.162 e. The number of fused-ring (bicyclic) bond motifs is 3. The second-order valence-corrected chi connectivity index (χ2v) is 27.7. The van der Waals surface area contributed by atoms with Crippen molar-refractivity contribution in [3.8, 4) is 22.8 Å². The van der Waals surface area contributed by atoms with Crippen LogP contribution in [0, 0.1) is 28.7 Å². The SMILES string of the molecule is CC(C)(C)Cc1ccc2c(CC(C)(C)C)c3c([c-]c2c1)-c1nccc2c[c]([Ge]([CH3])([CH3])[c]4ccccc4)cc(c12)O3.CCC(CC)C(=O)/C=C(\O)C(CC)CC.[Ir]. The van der Waals surface area contributed by atoms with Gasteiger partial charge >= 0.3 is 222 Å². The van der Waals surface area contributed by atoms with E-state index in [4.69, 9.17) is 9.72 Å². The van der Waals surface area contributed by atoms with Crippen LogP contribution in [0.1, 0.15) is 106 Å². The fraction of sp³-hybridized carbons (Fsp3) is 0.440. The third-order valence-corrected chi connectivity index (χ3v) is 18.5. The summed E-state index contributed by atoms with van der Waals surface area (Å²) < 4.78 is 9.87. The Balaban J connectivity index is 0.000000372. The largest absolute Gasteiger partial charge is 0.512 e. The topological polar surface area (TPSA) is 59.4 Å². The molecule has 56 heavy (non-hydrogen) atoms. The normalized spacial score (nSPS) is 12.9. The molecule has 6 rings (SSSR count). The first-order chi connectivity index (χ1) is 25.9. The molecule has 0 fully saturated rings. The average Bonchev–Trinajstić information content (AvgIpc) is 3.12. The molecule has 1 aliphatic heterocycles. The number of ether oxygens (including phenoxy) is 1. The molecule has 2 heterocycles. The molecule has 5 aromatic rings. The van der Waals surface area contributed by atoms with E-state index < -0.39 is 13.3 Å². The van der Waals surface area contributed by atoms with Gasteiger partial charge in [0, 0.05) is 38.0 Å². The van der Waals surface area contributed by atoms with Crippen LogP contribution in [-0.2, 0) is 37.7 Å². The fourth-order valence-electron chi connectivity index (χ4n) is 7.95. The Morgan fingerprint density at radius 2 is 1.45 bits per heavy atom. The van der Waals surface area contributed by atoms with Gasteiger partial charge in [-0.1, -0.05) is 48.5 Å². The number of aliphatic hydroxyl groups excluding tert-OH is 1. The number of aliphatic hydroxyl groups is 1. The van der Waals surface area contributed by atoms with Gasteiger partial charge in [0.1, 0.15) is 0 Å². The molecule has 301 valence electrons. The number of allylic oxidation sites excluding steroid dienone is 2. The summed E-state index contributed by atoms with van der Waals surface area (Å²) in [6.07, 6.45) is 8.81. The van der Waals surface area contributed by atoms with Crippen LogP contribution in [0.4, 0.5) is 0 Å². The van der Waals surface area contributed by atoms with Crippen molar-refractivity contribution in [1.29, 1.82) is 0 Å². The summed E-state index contributed by atoms with van der Waals surface area (Å²) in [6, 6.07) is 28.6. The van der Waals surface area contributed by atoms with Crippen molar-refractivity contribution in [3.05, 3.63) is 102 Å². The van der Waals surface area contributed by atoms with Crippen molar-refractivity contribution < 1.29 is 34.7 Å². The first-order valence-electron chi connectivity index (χ1n) is 20.5. The molecule has 0 unspecified atom stereocenters. The Morgan fingerprint density at radius 3 is 2.04 bits per heavy atom. The van der Waals surface area contributed by atoms with Crippen molar-refractivity contribution in [2.24, 2.45) is 22.7 Å². The third kappa shape index (κ3) is 10.4. The van der Waals surface area contributed by atoms with Gasteiger partial charge in [0.05, 0.1) is 5.76 Å². The van der Waals surface area contributed by atoms with E-state index in [2.05, 4.69) is 126 Å². The van der Waals surface area contributed by atoms with E-state index in [1.165, 1.54) is 36.8 Å². The van der Waals surface area contributed by atoms with Gasteiger partial charge in [-0.15, -0.1) is 0 Å². The molecule has 4 nitrogen and oxygen atoms in total. The van der Waals surface area contributed by atoms with Gasteiger partial charge in [-0.3, -0.25) is 4.79 Å². The number of rotatable bonds is 11. The number of nitrogens with zero attached hydrogens (tertiary/aromatic N) is 1. The van der Waals surface area contributed by atoms with Crippen molar-refractivity contribution in [3.63, 3.8) is 0 Å². The quantitative estimate of drug-likeness (QED) is 0.0608. The molecule has 4 aromatic carbocycles. The van der Waals surface area contributed by atoms with E-state index in [0.29, 0.717) is 0 Å². The van der Waals surface area contributed by atoms with Gasteiger partial charge in [-0.05, 0) is 25.7 Å². The number of carbonyl (C=O) groups is 1. The summed E-state index contributed by atoms with van der Waals surface area (Å²) in [5.74, 6) is 7.37. The first kappa shape index (κ1) is 45.5. The number of carbonyl (C=O) groups excluding carboxylic acids is 1. The molecule has 0 amide bonds. The molecule has 6 heteroatoms. The number of benzene rings is 4. The zero-order valence-electron chi connectivity index (χ0n) is 35.9. The van der Waals surface area contributed by atoms with Crippen molar-refractivity contribution in [1.82, 2.24) is 4.98 Å². The molecular formula is C50H64GeIrNO3-. The Morgan fingerprint density at radius 1 is 0.821 bits per heavy atom. The van der Waals surface area contributed by atoms with Gasteiger partial charge in [0.25, 0.3) is 0 Å². The number of aromatic nitrogens is 1. The van der Waals surface area contributed by atoms with E-state index in [0.717, 1.165) is 72.1 Å². The summed E-state index contributed by atoms with van der Waals surface area (Å²) in [5, 5.41) is 14.5. The van der Waals surface area contributed by atoms with Crippen LogP contribution in [0.25, 0.3) is 32.8 Å². The predicted octanol–water partition coefficient (Wildman–Crippen LogP) is 12.8. The molecule has 0 bridgehead atoms. The van der Waals surface area contributed by atoms with Crippen LogP contribution >= 0.6 is 0 Å². The minimum Gasteiger partial charge on any atom is -0.512 e. The van der Waals surface area contributed by atoms with Gasteiger partial charge < -0.3 is 5.11 Å². The predicted molar refractivity (Wildman–Crippen MR) is 237 cm³/mol. The third-order valence-electron chi connectivity index (χ3n) is 11.2. The molecular weight excluding hydrogens is 927 g/mol. The standard InChI is InChI=1S/C37H40GeNO.C13H24O2.Ir/c1-36(2,3)22-24-14-15-29-26(18-24)20-30-34-33-25(16-17-39-34)19-28(38(7,8)27-12-10-9-11-13-27)21-32(33)40-35(30)31(29)23-37(4,5)6;1-5-10(6-2)12(14)9-13(15)11(7-3)8-4;/h9-19,21H,22-23H2,1-8H3;9-11,14H,5-8H2,1-4H3;/q-1;;/b;12-9-;. The zero-order valence-corrected chi connectivity index (χ0v) is 40.4. The first-order valence-corrected chi connectivity index (χ1v) is 26.8. The minimum atomic E-state index is -2.55. The van der Waals surface area contributed by atoms with Crippen LogP contribution < -0.4 is 13.5 Å². The van der Waals surface area contributed by atoms with Crippen molar-refractivity contribution in [2.75, 3.05) is 0 Å². The molecule has 0 spiro atoms. The van der Waals surface area contributed by atoms with Crippen molar-refractivity contribution >= 4 is 49.4 Å². The van der Waals surface area contributed by atoms with Crippen LogP contribution in [0.15, 0.2) is 84.8 Å². The number of ketones is 1. The second kappa shape index (κ2) is 18.6.